The molecule has 1 aromatic rings. The van der Waals surface area contributed by atoms with E-state index in [4.69, 9.17) is 11.6 Å². The molecule has 0 atom stereocenters. The molecular formula is C10H11BrClF. The molecule has 0 spiro atoms. The third-order valence-electron chi connectivity index (χ3n) is 1.84. The lowest BCUT2D eigenvalue weighted by molar-refractivity contribution is 0.522. The van der Waals surface area contributed by atoms with Crippen molar-refractivity contribution in [1.82, 2.24) is 0 Å². The highest BCUT2D eigenvalue weighted by atomic mass is 79.9. The van der Waals surface area contributed by atoms with Crippen LogP contribution in [0.5, 0.6) is 0 Å². The van der Waals surface area contributed by atoms with Crippen molar-refractivity contribution >= 4 is 27.5 Å². The third-order valence-corrected chi connectivity index (χ3v) is 3.10. The Balaban J connectivity index is 3.35. The number of benzene rings is 1. The van der Waals surface area contributed by atoms with Crippen molar-refractivity contribution in [3.8, 4) is 0 Å². The van der Waals surface area contributed by atoms with Crippen LogP contribution in [0.15, 0.2) is 16.6 Å². The van der Waals surface area contributed by atoms with Gasteiger partial charge in [0, 0.05) is 4.47 Å². The number of halogens is 3. The van der Waals surface area contributed by atoms with Gasteiger partial charge in [0.05, 0.1) is 5.02 Å². The summed E-state index contributed by atoms with van der Waals surface area (Å²) in [5.74, 6) is -0.330. The van der Waals surface area contributed by atoms with E-state index in [-0.39, 0.29) is 16.3 Å². The lowest BCUT2D eigenvalue weighted by Crippen LogP contribution is -2.13. The van der Waals surface area contributed by atoms with Gasteiger partial charge in [0.25, 0.3) is 0 Å². The van der Waals surface area contributed by atoms with Crippen LogP contribution in [-0.2, 0) is 5.41 Å². The molecule has 0 aliphatic heterocycles. The SMILES string of the molecule is CC(C)(C)c1ccc(Br)c(Cl)c1F. The summed E-state index contributed by atoms with van der Waals surface area (Å²) in [6, 6.07) is 3.53. The highest BCUT2D eigenvalue weighted by Gasteiger charge is 2.20. The van der Waals surface area contributed by atoms with E-state index in [0.29, 0.717) is 10.0 Å². The molecule has 0 N–H and O–H groups in total. The van der Waals surface area contributed by atoms with E-state index >= 15 is 0 Å². The van der Waals surface area contributed by atoms with Gasteiger partial charge in [-0.25, -0.2) is 4.39 Å². The van der Waals surface area contributed by atoms with E-state index in [0.717, 1.165) is 0 Å². The number of rotatable bonds is 0. The van der Waals surface area contributed by atoms with Crippen LogP contribution in [0.25, 0.3) is 0 Å². The van der Waals surface area contributed by atoms with E-state index in [1.807, 2.05) is 20.8 Å². The first-order valence-corrected chi connectivity index (χ1v) is 5.15. The Morgan fingerprint density at radius 3 is 2.31 bits per heavy atom. The molecule has 0 saturated carbocycles. The summed E-state index contributed by atoms with van der Waals surface area (Å²) in [7, 11) is 0. The maximum Gasteiger partial charge on any atom is 0.146 e. The lowest BCUT2D eigenvalue weighted by atomic mass is 9.87. The fourth-order valence-electron chi connectivity index (χ4n) is 1.11. The standard InChI is InChI=1S/C10H11BrClF/c1-10(2,3)6-4-5-7(11)8(12)9(6)13/h4-5H,1-3H3. The van der Waals surface area contributed by atoms with E-state index in [2.05, 4.69) is 15.9 Å². The fourth-order valence-corrected chi connectivity index (χ4v) is 1.58. The second-order valence-electron chi connectivity index (χ2n) is 3.97. The van der Waals surface area contributed by atoms with E-state index < -0.39 is 0 Å². The van der Waals surface area contributed by atoms with E-state index in [9.17, 15) is 4.39 Å². The molecule has 0 heterocycles. The van der Waals surface area contributed by atoms with E-state index in [1.165, 1.54) is 0 Å². The average molecular weight is 266 g/mol. The monoisotopic (exact) mass is 264 g/mol. The molecule has 0 fully saturated rings. The first kappa shape index (κ1) is 11.0. The van der Waals surface area contributed by atoms with Crippen molar-refractivity contribution in [2.75, 3.05) is 0 Å². The molecule has 1 aromatic carbocycles. The summed E-state index contributed by atoms with van der Waals surface area (Å²) in [6.07, 6.45) is 0. The lowest BCUT2D eigenvalue weighted by Gasteiger charge is -2.20. The van der Waals surface area contributed by atoms with Crippen molar-refractivity contribution in [3.05, 3.63) is 33.0 Å². The summed E-state index contributed by atoms with van der Waals surface area (Å²) in [5.41, 5.74) is 0.426. The molecule has 3 heteroatoms. The zero-order valence-electron chi connectivity index (χ0n) is 7.79. The van der Waals surface area contributed by atoms with Crippen molar-refractivity contribution in [2.24, 2.45) is 0 Å². The number of hydrogen-bond donors (Lipinski definition) is 0. The topological polar surface area (TPSA) is 0 Å². The first-order valence-electron chi connectivity index (χ1n) is 3.98. The second-order valence-corrected chi connectivity index (χ2v) is 5.21. The maximum atomic E-state index is 13.6. The third kappa shape index (κ3) is 2.23. The first-order chi connectivity index (χ1) is 5.84. The van der Waals surface area contributed by atoms with Crippen LogP contribution in [0.4, 0.5) is 4.39 Å². The maximum absolute atomic E-state index is 13.6. The highest BCUT2D eigenvalue weighted by molar-refractivity contribution is 9.10. The Kier molecular flexibility index (Phi) is 3.03. The Morgan fingerprint density at radius 1 is 1.31 bits per heavy atom. The molecule has 0 bridgehead atoms. The van der Waals surface area contributed by atoms with Gasteiger partial charge >= 0.3 is 0 Å². The minimum absolute atomic E-state index is 0.160. The Bertz CT molecular complexity index is 328. The second kappa shape index (κ2) is 3.58. The molecule has 0 amide bonds. The molecule has 0 aliphatic carbocycles. The fraction of sp³-hybridized carbons (Fsp3) is 0.400. The molecule has 0 radical (unpaired) electrons. The van der Waals surface area contributed by atoms with Crippen LogP contribution < -0.4 is 0 Å². The molecule has 1 rings (SSSR count). The number of hydrogen-bond acceptors (Lipinski definition) is 0. The van der Waals surface area contributed by atoms with Gasteiger partial charge in [-0.05, 0) is 33.0 Å². The summed E-state index contributed by atoms with van der Waals surface area (Å²) in [5, 5.41) is 0.160. The zero-order valence-corrected chi connectivity index (χ0v) is 10.1. The summed E-state index contributed by atoms with van der Waals surface area (Å²) < 4.78 is 14.2. The Labute approximate surface area is 91.2 Å². The van der Waals surface area contributed by atoms with Crippen molar-refractivity contribution in [2.45, 2.75) is 26.2 Å². The van der Waals surface area contributed by atoms with Crippen LogP contribution in [0.1, 0.15) is 26.3 Å². The van der Waals surface area contributed by atoms with Crippen LogP contribution in [0.3, 0.4) is 0 Å². The largest absolute Gasteiger partial charge is 0.205 e. The normalized spacial score (nSPS) is 11.8. The van der Waals surface area contributed by atoms with Crippen LogP contribution in [-0.4, -0.2) is 0 Å². The Morgan fingerprint density at radius 2 is 1.85 bits per heavy atom. The minimum Gasteiger partial charge on any atom is -0.205 e. The van der Waals surface area contributed by atoms with Gasteiger partial charge in [0.2, 0.25) is 0 Å². The molecule has 0 aliphatic rings. The Hall–Kier alpha value is -0.0800. The quantitative estimate of drug-likeness (QED) is 0.604. The molecule has 0 saturated heterocycles. The van der Waals surface area contributed by atoms with Crippen molar-refractivity contribution in [1.29, 1.82) is 0 Å². The van der Waals surface area contributed by atoms with Crippen LogP contribution >= 0.6 is 27.5 Å². The average Bonchev–Trinajstić information content (AvgIpc) is 1.98. The minimum atomic E-state index is -0.330. The van der Waals surface area contributed by atoms with Crippen LogP contribution in [0, 0.1) is 5.82 Å². The molecule has 0 aromatic heterocycles. The van der Waals surface area contributed by atoms with Crippen LogP contribution in [0.2, 0.25) is 5.02 Å². The van der Waals surface area contributed by atoms with Gasteiger partial charge in [-0.15, -0.1) is 0 Å². The predicted octanol–water partition coefficient (Wildman–Crippen LogP) is 4.54. The molecule has 0 nitrogen and oxygen atoms in total. The smallest absolute Gasteiger partial charge is 0.146 e. The summed E-state index contributed by atoms with van der Waals surface area (Å²) in [4.78, 5) is 0. The predicted molar refractivity (Wildman–Crippen MR) is 57.8 cm³/mol. The molecule has 72 valence electrons. The van der Waals surface area contributed by atoms with Gasteiger partial charge in [-0.2, -0.15) is 0 Å². The van der Waals surface area contributed by atoms with E-state index in [1.54, 1.807) is 12.1 Å². The summed E-state index contributed by atoms with van der Waals surface area (Å²) >= 11 is 8.94. The zero-order chi connectivity index (χ0) is 10.2. The molecular weight excluding hydrogens is 254 g/mol. The van der Waals surface area contributed by atoms with Crippen molar-refractivity contribution in [3.63, 3.8) is 0 Å². The van der Waals surface area contributed by atoms with Gasteiger partial charge in [0.15, 0.2) is 0 Å². The molecule has 0 unspecified atom stereocenters. The van der Waals surface area contributed by atoms with Gasteiger partial charge < -0.3 is 0 Å². The van der Waals surface area contributed by atoms with Crippen molar-refractivity contribution < 1.29 is 4.39 Å². The van der Waals surface area contributed by atoms with Gasteiger partial charge in [-0.1, -0.05) is 38.4 Å². The summed E-state index contributed by atoms with van der Waals surface area (Å²) in [6.45, 7) is 5.86. The van der Waals surface area contributed by atoms with Gasteiger partial charge in [0.1, 0.15) is 5.82 Å². The molecule has 13 heavy (non-hydrogen) atoms. The highest BCUT2D eigenvalue weighted by Crippen LogP contribution is 2.33. The van der Waals surface area contributed by atoms with Gasteiger partial charge in [-0.3, -0.25) is 0 Å².